The summed E-state index contributed by atoms with van der Waals surface area (Å²) < 4.78 is 13.2. The second-order valence-corrected chi connectivity index (χ2v) is 9.03. The van der Waals surface area contributed by atoms with E-state index >= 15 is 0 Å². The van der Waals surface area contributed by atoms with Crippen molar-refractivity contribution in [2.75, 3.05) is 60.9 Å². The smallest absolute Gasteiger partial charge is 0.222 e. The molecular weight excluding hydrogens is 419 g/mol. The van der Waals surface area contributed by atoms with Gasteiger partial charge in [0.2, 0.25) is 5.91 Å². The van der Waals surface area contributed by atoms with E-state index in [-0.39, 0.29) is 11.7 Å². The summed E-state index contributed by atoms with van der Waals surface area (Å²) in [7, 11) is 0. The molecule has 2 aromatic rings. The first kappa shape index (κ1) is 23.3. The first-order valence-electron chi connectivity index (χ1n) is 12.2. The van der Waals surface area contributed by atoms with Crippen molar-refractivity contribution >= 4 is 23.2 Å². The van der Waals surface area contributed by atoms with Crippen LogP contribution in [0.25, 0.3) is 0 Å². The molecule has 8 heteroatoms. The molecule has 0 bridgehead atoms. The molecule has 1 aromatic heterocycles. The third kappa shape index (κ3) is 6.33. The van der Waals surface area contributed by atoms with Gasteiger partial charge in [0.05, 0.1) is 0 Å². The second kappa shape index (κ2) is 11.3. The van der Waals surface area contributed by atoms with Crippen molar-refractivity contribution in [2.45, 2.75) is 39.0 Å². The van der Waals surface area contributed by atoms with Gasteiger partial charge in [-0.15, -0.1) is 0 Å². The number of aromatic nitrogens is 2. The first-order chi connectivity index (χ1) is 16.1. The van der Waals surface area contributed by atoms with E-state index in [2.05, 4.69) is 32.0 Å². The Bertz CT molecular complexity index is 900. The van der Waals surface area contributed by atoms with Gasteiger partial charge in [0, 0.05) is 64.0 Å². The summed E-state index contributed by atoms with van der Waals surface area (Å²) in [6.07, 6.45) is 6.49. The number of rotatable bonds is 8. The first-order valence-corrected chi connectivity index (χ1v) is 12.2. The predicted octanol–water partition coefficient (Wildman–Crippen LogP) is 3.78. The summed E-state index contributed by atoms with van der Waals surface area (Å²) in [4.78, 5) is 28.2. The second-order valence-electron chi connectivity index (χ2n) is 9.03. The Hall–Kier alpha value is -2.90. The highest BCUT2D eigenvalue weighted by atomic mass is 19.1. The molecule has 33 heavy (non-hydrogen) atoms. The fraction of sp³-hybridized carbons (Fsp3) is 0.560. The summed E-state index contributed by atoms with van der Waals surface area (Å²) in [5, 5.41) is 3.33. The molecule has 1 amide bonds. The minimum absolute atomic E-state index is 0.220. The molecule has 2 aliphatic heterocycles. The van der Waals surface area contributed by atoms with Crippen LogP contribution in [0.15, 0.2) is 36.7 Å². The average Bonchev–Trinajstić information content (AvgIpc) is 2.87. The molecule has 7 nitrogen and oxygen atoms in total. The van der Waals surface area contributed by atoms with E-state index in [9.17, 15) is 9.18 Å². The number of carbonyl (C=O) groups is 1. The molecule has 0 saturated carbocycles. The van der Waals surface area contributed by atoms with Gasteiger partial charge in [-0.2, -0.15) is 0 Å². The van der Waals surface area contributed by atoms with E-state index in [4.69, 9.17) is 0 Å². The fourth-order valence-electron chi connectivity index (χ4n) is 4.73. The quantitative estimate of drug-likeness (QED) is 0.655. The maximum Gasteiger partial charge on any atom is 0.222 e. The third-order valence-electron chi connectivity index (χ3n) is 6.64. The topological polar surface area (TPSA) is 64.6 Å². The molecule has 2 fully saturated rings. The van der Waals surface area contributed by atoms with E-state index in [1.807, 2.05) is 23.1 Å². The van der Waals surface area contributed by atoms with Crippen LogP contribution in [-0.4, -0.2) is 66.6 Å². The number of hydrogen-bond acceptors (Lipinski definition) is 6. The molecule has 1 aromatic carbocycles. The molecule has 0 aliphatic carbocycles. The lowest BCUT2D eigenvalue weighted by Crippen LogP contribution is -2.49. The zero-order valence-electron chi connectivity index (χ0n) is 19.5. The molecular formula is C25H35FN6O. The Kier molecular flexibility index (Phi) is 7.96. The monoisotopic (exact) mass is 454 g/mol. The molecule has 178 valence electrons. The van der Waals surface area contributed by atoms with Crippen molar-refractivity contribution in [3.05, 3.63) is 42.5 Å². The Balaban J connectivity index is 1.23. The minimum Gasteiger partial charge on any atom is -0.370 e. The Morgan fingerprint density at radius 3 is 2.64 bits per heavy atom. The van der Waals surface area contributed by atoms with Gasteiger partial charge in [0.15, 0.2) is 0 Å². The molecule has 0 radical (unpaired) electrons. The van der Waals surface area contributed by atoms with Crippen molar-refractivity contribution in [1.82, 2.24) is 14.9 Å². The maximum atomic E-state index is 13.2. The number of hydrogen-bond donors (Lipinski definition) is 1. The normalized spacial score (nSPS) is 19.0. The SMILES string of the molecule is CCCNc1cc(N2CCC[C@@H](CCC(=O)N3CCN(c4ccc(F)cc4)CC3)C2)ncn1. The number of halogens is 1. The predicted molar refractivity (Wildman–Crippen MR) is 130 cm³/mol. The number of piperazine rings is 1. The van der Waals surface area contributed by atoms with E-state index < -0.39 is 0 Å². The van der Waals surface area contributed by atoms with E-state index in [1.165, 1.54) is 12.1 Å². The van der Waals surface area contributed by atoms with Crippen LogP contribution >= 0.6 is 0 Å². The van der Waals surface area contributed by atoms with Gasteiger partial charge in [-0.1, -0.05) is 6.92 Å². The molecule has 2 aliphatic rings. The highest BCUT2D eigenvalue weighted by Crippen LogP contribution is 2.26. The van der Waals surface area contributed by atoms with Crippen LogP contribution in [0.3, 0.4) is 0 Å². The molecule has 1 N–H and O–H groups in total. The van der Waals surface area contributed by atoms with Crippen LogP contribution < -0.4 is 15.1 Å². The molecule has 2 saturated heterocycles. The molecule has 3 heterocycles. The van der Waals surface area contributed by atoms with Gasteiger partial charge in [0.1, 0.15) is 23.8 Å². The summed E-state index contributed by atoms with van der Waals surface area (Å²) in [6.45, 7) is 8.00. The van der Waals surface area contributed by atoms with Crippen molar-refractivity contribution in [3.63, 3.8) is 0 Å². The van der Waals surface area contributed by atoms with Crippen LogP contribution in [0.5, 0.6) is 0 Å². The number of amides is 1. The van der Waals surface area contributed by atoms with E-state index in [0.29, 0.717) is 12.3 Å². The maximum absolute atomic E-state index is 13.2. The van der Waals surface area contributed by atoms with Crippen LogP contribution in [0, 0.1) is 11.7 Å². The van der Waals surface area contributed by atoms with Crippen molar-refractivity contribution in [2.24, 2.45) is 5.92 Å². The van der Waals surface area contributed by atoms with Gasteiger partial charge in [-0.3, -0.25) is 4.79 Å². The van der Waals surface area contributed by atoms with Gasteiger partial charge in [0.25, 0.3) is 0 Å². The highest BCUT2D eigenvalue weighted by Gasteiger charge is 2.25. The number of carbonyl (C=O) groups excluding carboxylic acids is 1. The van der Waals surface area contributed by atoms with Gasteiger partial charge < -0.3 is 20.0 Å². The summed E-state index contributed by atoms with van der Waals surface area (Å²) in [5.41, 5.74) is 1.02. The number of piperidine rings is 1. The van der Waals surface area contributed by atoms with Crippen LogP contribution in [0.4, 0.5) is 21.7 Å². The average molecular weight is 455 g/mol. The molecule has 0 unspecified atom stereocenters. The fourth-order valence-corrected chi connectivity index (χ4v) is 4.73. The van der Waals surface area contributed by atoms with Crippen LogP contribution in [-0.2, 0) is 4.79 Å². The molecule has 1 atom stereocenters. The summed E-state index contributed by atoms with van der Waals surface area (Å²) in [6, 6.07) is 8.63. The van der Waals surface area contributed by atoms with Gasteiger partial charge in [-0.25, -0.2) is 14.4 Å². The number of benzene rings is 1. The number of anilines is 3. The lowest BCUT2D eigenvalue weighted by molar-refractivity contribution is -0.131. The van der Waals surface area contributed by atoms with Crippen molar-refractivity contribution in [3.8, 4) is 0 Å². The minimum atomic E-state index is -0.220. The molecule has 4 rings (SSSR count). The Morgan fingerprint density at radius 2 is 1.88 bits per heavy atom. The summed E-state index contributed by atoms with van der Waals surface area (Å²) in [5.74, 6) is 2.38. The largest absolute Gasteiger partial charge is 0.370 e. The summed E-state index contributed by atoms with van der Waals surface area (Å²) >= 11 is 0. The number of nitrogens with zero attached hydrogens (tertiary/aromatic N) is 5. The third-order valence-corrected chi connectivity index (χ3v) is 6.64. The lowest BCUT2D eigenvalue weighted by atomic mass is 9.93. The lowest BCUT2D eigenvalue weighted by Gasteiger charge is -2.37. The van der Waals surface area contributed by atoms with E-state index in [0.717, 1.165) is 88.8 Å². The molecule has 0 spiro atoms. The Morgan fingerprint density at radius 1 is 1.09 bits per heavy atom. The Labute approximate surface area is 196 Å². The van der Waals surface area contributed by atoms with Crippen LogP contribution in [0.2, 0.25) is 0 Å². The highest BCUT2D eigenvalue weighted by molar-refractivity contribution is 5.76. The number of nitrogens with one attached hydrogen (secondary N) is 1. The van der Waals surface area contributed by atoms with Crippen LogP contribution in [0.1, 0.15) is 39.0 Å². The standard InChI is InChI=1S/C25H35FN6O/c1-2-11-27-23-17-24(29-19-28-23)32-12-3-4-20(18-32)5-10-25(33)31-15-13-30(14-16-31)22-8-6-21(26)7-9-22/h6-9,17,19-20H,2-5,10-16,18H2,1H3,(H,27,28,29)/t20-/m0/s1. The zero-order chi connectivity index (χ0) is 23.0. The van der Waals surface area contributed by atoms with Crippen molar-refractivity contribution in [1.29, 1.82) is 0 Å². The zero-order valence-corrected chi connectivity index (χ0v) is 19.5. The van der Waals surface area contributed by atoms with Gasteiger partial charge >= 0.3 is 0 Å². The van der Waals surface area contributed by atoms with Crippen molar-refractivity contribution < 1.29 is 9.18 Å². The van der Waals surface area contributed by atoms with Gasteiger partial charge in [-0.05, 0) is 55.9 Å². The van der Waals surface area contributed by atoms with E-state index in [1.54, 1.807) is 6.33 Å².